The number of pyridine rings is 1. The van der Waals surface area contributed by atoms with Gasteiger partial charge < -0.3 is 19.4 Å². The van der Waals surface area contributed by atoms with Crippen molar-refractivity contribution >= 4 is 13.0 Å². The van der Waals surface area contributed by atoms with Gasteiger partial charge in [-0.05, 0) is 18.9 Å². The molecule has 2 heterocycles. The highest BCUT2D eigenvalue weighted by Crippen LogP contribution is 2.39. The lowest BCUT2D eigenvalue weighted by molar-refractivity contribution is 0.279. The molecule has 0 bridgehead atoms. The summed E-state index contributed by atoms with van der Waals surface area (Å²) < 4.78 is 11.5. The van der Waals surface area contributed by atoms with Gasteiger partial charge in [-0.15, -0.1) is 5.10 Å². The van der Waals surface area contributed by atoms with Crippen LogP contribution in [-0.4, -0.2) is 39.1 Å². The topological polar surface area (TPSA) is 89.1 Å². The molecule has 0 atom stereocenters. The molecule has 0 saturated heterocycles. The molecule has 0 aromatic carbocycles. The fraction of sp³-hybridized carbons (Fsp3) is 0.400. The minimum atomic E-state index is -1.89. The molecule has 8 heteroatoms. The zero-order valence-electron chi connectivity index (χ0n) is 9.78. The first-order chi connectivity index (χ1) is 8.69. The van der Waals surface area contributed by atoms with Gasteiger partial charge in [0.15, 0.2) is 11.6 Å². The van der Waals surface area contributed by atoms with Crippen molar-refractivity contribution in [3.63, 3.8) is 0 Å². The first-order valence-electron chi connectivity index (χ1n) is 5.65. The van der Waals surface area contributed by atoms with Gasteiger partial charge in [0.25, 0.3) is 0 Å². The molecule has 0 aliphatic heterocycles. The minimum Gasteiger partial charge on any atom is -0.498 e. The molecular formula is C10H12BN3O4. The highest BCUT2D eigenvalue weighted by atomic mass is 16.6. The monoisotopic (exact) mass is 249 g/mol. The Morgan fingerprint density at radius 2 is 2.17 bits per heavy atom. The van der Waals surface area contributed by atoms with Gasteiger partial charge in [0, 0.05) is 12.0 Å². The predicted molar refractivity (Wildman–Crippen MR) is 62.3 cm³/mol. The number of ether oxygens (including phenoxy) is 1. The van der Waals surface area contributed by atoms with E-state index in [0.717, 1.165) is 18.7 Å². The summed E-state index contributed by atoms with van der Waals surface area (Å²) in [4.78, 5) is 4.40. The van der Waals surface area contributed by atoms with Crippen LogP contribution < -0.4 is 9.39 Å². The van der Waals surface area contributed by atoms with E-state index in [2.05, 4.69) is 10.1 Å². The molecule has 0 spiro atoms. The van der Waals surface area contributed by atoms with Crippen LogP contribution >= 0.6 is 0 Å². The van der Waals surface area contributed by atoms with Crippen molar-refractivity contribution in [1.82, 2.24) is 14.6 Å². The minimum absolute atomic E-state index is 0.209. The van der Waals surface area contributed by atoms with Crippen LogP contribution in [0.5, 0.6) is 11.6 Å². The third-order valence-electron chi connectivity index (χ3n) is 2.82. The van der Waals surface area contributed by atoms with E-state index in [1.807, 2.05) is 0 Å². The molecule has 1 fully saturated rings. The molecule has 1 aliphatic carbocycles. The van der Waals surface area contributed by atoms with E-state index in [-0.39, 0.29) is 5.88 Å². The van der Waals surface area contributed by atoms with E-state index in [4.69, 9.17) is 19.4 Å². The third-order valence-corrected chi connectivity index (χ3v) is 2.82. The quantitative estimate of drug-likeness (QED) is 0.739. The summed E-state index contributed by atoms with van der Waals surface area (Å²) in [6.45, 7) is 0. The third kappa shape index (κ3) is 1.89. The van der Waals surface area contributed by atoms with Crippen molar-refractivity contribution in [2.75, 3.05) is 7.11 Å². The summed E-state index contributed by atoms with van der Waals surface area (Å²) in [6, 6.07) is 3.20. The Labute approximate surface area is 103 Å². The van der Waals surface area contributed by atoms with Crippen molar-refractivity contribution in [3.8, 4) is 11.6 Å². The maximum atomic E-state index is 8.86. The molecule has 0 unspecified atom stereocenters. The van der Waals surface area contributed by atoms with Gasteiger partial charge in [-0.1, -0.05) is 0 Å². The highest BCUT2D eigenvalue weighted by molar-refractivity contribution is 6.33. The first-order valence-corrected chi connectivity index (χ1v) is 5.65. The van der Waals surface area contributed by atoms with Gasteiger partial charge in [0.05, 0.1) is 7.11 Å². The van der Waals surface area contributed by atoms with Crippen molar-refractivity contribution in [3.05, 3.63) is 18.0 Å². The summed E-state index contributed by atoms with van der Waals surface area (Å²) in [6.07, 6.45) is 2.16. The van der Waals surface area contributed by atoms with Crippen LogP contribution in [0, 0.1) is 0 Å². The fourth-order valence-corrected chi connectivity index (χ4v) is 1.80. The Kier molecular flexibility index (Phi) is 2.60. The van der Waals surface area contributed by atoms with Gasteiger partial charge in [0.2, 0.25) is 11.5 Å². The van der Waals surface area contributed by atoms with E-state index in [1.54, 1.807) is 19.2 Å². The van der Waals surface area contributed by atoms with Crippen LogP contribution in [0.2, 0.25) is 0 Å². The van der Waals surface area contributed by atoms with Crippen LogP contribution in [0.25, 0.3) is 5.65 Å². The van der Waals surface area contributed by atoms with E-state index >= 15 is 0 Å². The van der Waals surface area contributed by atoms with Gasteiger partial charge in [-0.2, -0.15) is 4.52 Å². The fourth-order valence-electron chi connectivity index (χ4n) is 1.80. The second-order valence-electron chi connectivity index (χ2n) is 4.16. The van der Waals surface area contributed by atoms with E-state index in [1.165, 1.54) is 4.52 Å². The van der Waals surface area contributed by atoms with Crippen LogP contribution in [0.4, 0.5) is 0 Å². The Morgan fingerprint density at radius 1 is 1.39 bits per heavy atom. The number of aromatic nitrogens is 3. The SMILES string of the molecule is COc1ccc(OB(O)O)n2nc(C3CC3)nc12. The number of nitrogens with zero attached hydrogens (tertiary/aromatic N) is 3. The second-order valence-corrected chi connectivity index (χ2v) is 4.16. The van der Waals surface area contributed by atoms with Gasteiger partial charge in [-0.3, -0.25) is 0 Å². The summed E-state index contributed by atoms with van der Waals surface area (Å²) in [5, 5.41) is 22.0. The molecule has 2 N–H and O–H groups in total. The Balaban J connectivity index is 2.12. The van der Waals surface area contributed by atoms with Gasteiger partial charge in [-0.25, -0.2) is 4.98 Å². The normalized spacial score (nSPS) is 14.8. The van der Waals surface area contributed by atoms with E-state index in [0.29, 0.717) is 17.3 Å². The van der Waals surface area contributed by atoms with Crippen molar-refractivity contribution < 1.29 is 19.4 Å². The van der Waals surface area contributed by atoms with Gasteiger partial charge in [0.1, 0.15) is 0 Å². The average molecular weight is 249 g/mol. The van der Waals surface area contributed by atoms with E-state index in [9.17, 15) is 0 Å². The zero-order valence-corrected chi connectivity index (χ0v) is 9.78. The van der Waals surface area contributed by atoms with Crippen molar-refractivity contribution in [1.29, 1.82) is 0 Å². The molecule has 94 valence electrons. The molecule has 18 heavy (non-hydrogen) atoms. The smallest absolute Gasteiger partial charge is 0.498 e. The van der Waals surface area contributed by atoms with Crippen LogP contribution in [0.3, 0.4) is 0 Å². The number of hydrogen-bond donors (Lipinski definition) is 2. The van der Waals surface area contributed by atoms with Crippen LogP contribution in [0.15, 0.2) is 12.1 Å². The van der Waals surface area contributed by atoms with Crippen LogP contribution in [0.1, 0.15) is 24.6 Å². The summed E-state index contributed by atoms with van der Waals surface area (Å²) in [7, 11) is -0.349. The largest absolute Gasteiger partial charge is 0.708 e. The maximum Gasteiger partial charge on any atom is 0.708 e. The molecule has 1 saturated carbocycles. The van der Waals surface area contributed by atoms with Gasteiger partial charge >= 0.3 is 7.32 Å². The Hall–Kier alpha value is -1.80. The predicted octanol–water partition coefficient (Wildman–Crippen LogP) is -0.0364. The lowest BCUT2D eigenvalue weighted by Crippen LogP contribution is -2.22. The summed E-state index contributed by atoms with van der Waals surface area (Å²) >= 11 is 0. The molecule has 7 nitrogen and oxygen atoms in total. The lowest BCUT2D eigenvalue weighted by Gasteiger charge is -2.07. The van der Waals surface area contributed by atoms with Crippen LogP contribution in [-0.2, 0) is 0 Å². The standard InChI is InChI=1S/C10H12BN3O4/c1-17-7-4-5-8(18-11(15)16)14-10(7)12-9(13-14)6-2-3-6/h4-6,15-16H,2-3H2,1H3. The zero-order chi connectivity index (χ0) is 12.7. The summed E-state index contributed by atoms with van der Waals surface area (Å²) in [5.41, 5.74) is 0.512. The Bertz CT molecular complexity index is 582. The first kappa shape index (κ1) is 11.3. The molecule has 3 rings (SSSR count). The molecule has 2 aromatic rings. The number of methoxy groups -OCH3 is 1. The molecule has 1 aliphatic rings. The van der Waals surface area contributed by atoms with Crippen molar-refractivity contribution in [2.45, 2.75) is 18.8 Å². The number of hydrogen-bond acceptors (Lipinski definition) is 6. The molecule has 2 aromatic heterocycles. The molecule has 0 radical (unpaired) electrons. The second kappa shape index (κ2) is 4.15. The highest BCUT2D eigenvalue weighted by Gasteiger charge is 2.29. The molecular weight excluding hydrogens is 237 g/mol. The van der Waals surface area contributed by atoms with E-state index < -0.39 is 7.32 Å². The lowest BCUT2D eigenvalue weighted by atomic mass is 10.2. The summed E-state index contributed by atoms with van der Waals surface area (Å²) in [5.74, 6) is 1.90. The number of rotatable bonds is 4. The molecule has 0 amide bonds. The maximum absolute atomic E-state index is 8.86. The number of fused-ring (bicyclic) bond motifs is 1. The van der Waals surface area contributed by atoms with Crippen molar-refractivity contribution in [2.24, 2.45) is 0 Å². The average Bonchev–Trinajstić information content (AvgIpc) is 3.08. The Morgan fingerprint density at radius 3 is 2.78 bits per heavy atom.